The van der Waals surface area contributed by atoms with E-state index in [1.54, 1.807) is 4.90 Å². The molecule has 0 N–H and O–H groups in total. The highest BCUT2D eigenvalue weighted by atomic mass is 19.1. The van der Waals surface area contributed by atoms with E-state index < -0.39 is 11.3 Å². The van der Waals surface area contributed by atoms with Crippen molar-refractivity contribution in [3.8, 4) is 0 Å². The highest BCUT2D eigenvalue weighted by molar-refractivity contribution is 5.68. The van der Waals surface area contributed by atoms with Crippen LogP contribution in [0.4, 0.5) is 9.18 Å². The Balaban J connectivity index is 1.64. The maximum atomic E-state index is 14.9. The number of carbonyl (C=O) groups excluding carboxylic acids is 1. The van der Waals surface area contributed by atoms with Crippen LogP contribution in [0.1, 0.15) is 52.0 Å². The highest BCUT2D eigenvalue weighted by Crippen LogP contribution is 2.31. The number of halogens is 1. The molecule has 0 bridgehead atoms. The number of rotatable bonds is 6. The molecule has 1 fully saturated rings. The predicted molar refractivity (Wildman–Crippen MR) is 96.2 cm³/mol. The van der Waals surface area contributed by atoms with E-state index in [-0.39, 0.29) is 6.09 Å². The molecule has 0 radical (unpaired) electrons. The van der Waals surface area contributed by atoms with Gasteiger partial charge in [0.15, 0.2) is 0 Å². The summed E-state index contributed by atoms with van der Waals surface area (Å²) in [5.41, 5.74) is -0.588. The summed E-state index contributed by atoms with van der Waals surface area (Å²) in [6, 6.07) is 9.97. The number of alkyl halides is 1. The summed E-state index contributed by atoms with van der Waals surface area (Å²) in [4.78, 5) is 13.6. The van der Waals surface area contributed by atoms with E-state index in [9.17, 15) is 9.18 Å². The molecule has 25 heavy (non-hydrogen) atoms. The Morgan fingerprint density at radius 1 is 1.20 bits per heavy atom. The molecular weight excluding hydrogens is 321 g/mol. The summed E-state index contributed by atoms with van der Waals surface area (Å²) >= 11 is 0. The highest BCUT2D eigenvalue weighted by Gasteiger charge is 2.36. The number of ether oxygens (including phenoxy) is 2. The van der Waals surface area contributed by atoms with Crippen molar-refractivity contribution in [1.82, 2.24) is 4.90 Å². The number of amides is 1. The largest absolute Gasteiger partial charge is 0.444 e. The average Bonchev–Trinajstić information content (AvgIpc) is 2.54. The summed E-state index contributed by atoms with van der Waals surface area (Å²) in [7, 11) is 0. The number of hydrogen-bond acceptors (Lipinski definition) is 3. The van der Waals surface area contributed by atoms with Crippen molar-refractivity contribution in [2.45, 2.75) is 64.3 Å². The van der Waals surface area contributed by atoms with E-state index in [4.69, 9.17) is 9.47 Å². The van der Waals surface area contributed by atoms with Gasteiger partial charge in [-0.15, -0.1) is 0 Å². The SMILES string of the molecule is CC(C)(C)OC(=O)N1CCC(F)(CCCOCc2ccccc2)CC1. The van der Waals surface area contributed by atoms with Gasteiger partial charge >= 0.3 is 6.09 Å². The summed E-state index contributed by atoms with van der Waals surface area (Å²) in [5.74, 6) is 0. The van der Waals surface area contributed by atoms with E-state index in [2.05, 4.69) is 0 Å². The van der Waals surface area contributed by atoms with Crippen molar-refractivity contribution in [3.63, 3.8) is 0 Å². The van der Waals surface area contributed by atoms with Gasteiger partial charge in [0.25, 0.3) is 0 Å². The van der Waals surface area contributed by atoms with Crippen molar-refractivity contribution in [2.75, 3.05) is 19.7 Å². The van der Waals surface area contributed by atoms with Crippen LogP contribution in [0, 0.1) is 0 Å². The summed E-state index contributed by atoms with van der Waals surface area (Å²) in [6.45, 7) is 7.45. The van der Waals surface area contributed by atoms with Gasteiger partial charge in [-0.05, 0) is 52.0 Å². The molecule has 1 aliphatic heterocycles. The summed E-state index contributed by atoms with van der Waals surface area (Å²) in [6.07, 6.45) is 1.55. The molecule has 1 aliphatic rings. The average molecular weight is 351 g/mol. The lowest BCUT2D eigenvalue weighted by atomic mass is 9.89. The van der Waals surface area contributed by atoms with Gasteiger partial charge < -0.3 is 14.4 Å². The Morgan fingerprint density at radius 3 is 2.44 bits per heavy atom. The van der Waals surface area contributed by atoms with Crippen LogP contribution in [0.2, 0.25) is 0 Å². The number of likely N-dealkylation sites (tertiary alicyclic amines) is 1. The quantitative estimate of drug-likeness (QED) is 0.696. The molecule has 4 nitrogen and oxygen atoms in total. The molecule has 0 aliphatic carbocycles. The molecule has 0 atom stereocenters. The van der Waals surface area contributed by atoms with E-state index in [0.717, 1.165) is 5.56 Å². The zero-order valence-electron chi connectivity index (χ0n) is 15.6. The topological polar surface area (TPSA) is 38.8 Å². The Kier molecular flexibility index (Phi) is 6.82. The zero-order valence-corrected chi connectivity index (χ0v) is 15.6. The normalized spacial score (nSPS) is 17.4. The number of benzene rings is 1. The van der Waals surface area contributed by atoms with Crippen LogP contribution < -0.4 is 0 Å². The monoisotopic (exact) mass is 351 g/mol. The molecule has 1 saturated heterocycles. The van der Waals surface area contributed by atoms with Gasteiger partial charge in [-0.2, -0.15) is 0 Å². The third kappa shape index (κ3) is 7.02. The van der Waals surface area contributed by atoms with Gasteiger partial charge in [0.1, 0.15) is 11.3 Å². The van der Waals surface area contributed by atoms with Crippen molar-refractivity contribution in [2.24, 2.45) is 0 Å². The third-order valence-corrected chi connectivity index (χ3v) is 4.34. The lowest BCUT2D eigenvalue weighted by Crippen LogP contribution is -2.46. The smallest absolute Gasteiger partial charge is 0.410 e. The predicted octanol–water partition coefficient (Wildman–Crippen LogP) is 4.72. The second-order valence-electron chi connectivity index (χ2n) is 7.76. The maximum Gasteiger partial charge on any atom is 0.410 e. The number of piperidine rings is 1. The number of hydrogen-bond donors (Lipinski definition) is 0. The van der Waals surface area contributed by atoms with Gasteiger partial charge in [-0.25, -0.2) is 9.18 Å². The van der Waals surface area contributed by atoms with Gasteiger partial charge in [0.05, 0.1) is 6.61 Å². The fourth-order valence-corrected chi connectivity index (χ4v) is 2.92. The molecule has 0 aromatic heterocycles. The molecule has 0 unspecified atom stereocenters. The molecule has 1 heterocycles. The molecule has 140 valence electrons. The number of nitrogens with zero attached hydrogens (tertiary/aromatic N) is 1. The van der Waals surface area contributed by atoms with E-state index >= 15 is 0 Å². The standard InChI is InChI=1S/C20H30FNO3/c1-19(2,3)25-18(23)22-13-11-20(21,12-14-22)10-7-15-24-16-17-8-5-4-6-9-17/h4-6,8-9H,7,10-16H2,1-3H3. The molecular formula is C20H30FNO3. The zero-order chi connectivity index (χ0) is 18.3. The minimum absolute atomic E-state index is 0.347. The minimum atomic E-state index is -1.20. The summed E-state index contributed by atoms with van der Waals surface area (Å²) < 4.78 is 25.8. The van der Waals surface area contributed by atoms with Crippen LogP contribution in [0.5, 0.6) is 0 Å². The lowest BCUT2D eigenvalue weighted by Gasteiger charge is -2.37. The van der Waals surface area contributed by atoms with Crippen LogP contribution in [0.15, 0.2) is 30.3 Å². The van der Waals surface area contributed by atoms with Crippen molar-refractivity contribution in [1.29, 1.82) is 0 Å². The molecule has 5 heteroatoms. The second kappa shape index (κ2) is 8.65. The van der Waals surface area contributed by atoms with Crippen molar-refractivity contribution in [3.05, 3.63) is 35.9 Å². The van der Waals surface area contributed by atoms with Gasteiger partial charge in [-0.3, -0.25) is 0 Å². The van der Waals surface area contributed by atoms with Crippen LogP contribution in [0.3, 0.4) is 0 Å². The molecule has 1 aromatic rings. The first-order chi connectivity index (χ1) is 11.8. The first-order valence-electron chi connectivity index (χ1n) is 9.06. The van der Waals surface area contributed by atoms with Crippen LogP contribution in [-0.2, 0) is 16.1 Å². The van der Waals surface area contributed by atoms with E-state index in [1.807, 2.05) is 51.1 Å². The molecule has 1 aromatic carbocycles. The second-order valence-corrected chi connectivity index (χ2v) is 7.76. The lowest BCUT2D eigenvalue weighted by molar-refractivity contribution is -0.00134. The Bertz CT molecular complexity index is 534. The third-order valence-electron chi connectivity index (χ3n) is 4.34. The van der Waals surface area contributed by atoms with E-state index in [1.165, 1.54) is 0 Å². The van der Waals surface area contributed by atoms with Gasteiger partial charge in [0.2, 0.25) is 0 Å². The Labute approximate surface area is 150 Å². The first-order valence-corrected chi connectivity index (χ1v) is 9.06. The van der Waals surface area contributed by atoms with Crippen LogP contribution >= 0.6 is 0 Å². The first kappa shape index (κ1) is 19.7. The van der Waals surface area contributed by atoms with Crippen LogP contribution in [-0.4, -0.2) is 42.0 Å². The maximum absolute atomic E-state index is 14.9. The van der Waals surface area contributed by atoms with Crippen molar-refractivity contribution >= 4 is 6.09 Å². The van der Waals surface area contributed by atoms with Gasteiger partial charge in [0, 0.05) is 19.7 Å². The Morgan fingerprint density at radius 2 is 1.84 bits per heavy atom. The minimum Gasteiger partial charge on any atom is -0.444 e. The molecule has 1 amide bonds. The van der Waals surface area contributed by atoms with Crippen molar-refractivity contribution < 1.29 is 18.7 Å². The Hall–Kier alpha value is -1.62. The molecule has 0 saturated carbocycles. The summed E-state index contributed by atoms with van der Waals surface area (Å²) in [5, 5.41) is 0. The fraction of sp³-hybridized carbons (Fsp3) is 0.650. The fourth-order valence-electron chi connectivity index (χ4n) is 2.92. The van der Waals surface area contributed by atoms with E-state index in [0.29, 0.717) is 52.0 Å². The number of carbonyl (C=O) groups is 1. The molecule has 2 rings (SSSR count). The van der Waals surface area contributed by atoms with Crippen LogP contribution in [0.25, 0.3) is 0 Å². The van der Waals surface area contributed by atoms with Gasteiger partial charge in [-0.1, -0.05) is 30.3 Å². The molecule has 0 spiro atoms.